The van der Waals surface area contributed by atoms with Gasteiger partial charge in [0.05, 0.1) is 16.7 Å². The molecule has 2 aromatic heterocycles. The van der Waals surface area contributed by atoms with E-state index in [2.05, 4.69) is 104 Å². The van der Waals surface area contributed by atoms with Crippen molar-refractivity contribution in [2.24, 2.45) is 0 Å². The molecule has 0 fully saturated rings. The molecular weight excluding hydrogens is 474 g/mol. The zero-order valence-electron chi connectivity index (χ0n) is 21.8. The van der Waals surface area contributed by atoms with Crippen LogP contribution in [0.2, 0.25) is 0 Å². The fourth-order valence-corrected chi connectivity index (χ4v) is 6.39. The minimum absolute atomic E-state index is 0.181. The highest BCUT2D eigenvalue weighted by molar-refractivity contribution is 6.15. The number of nitrogens with zero attached hydrogens (tertiary/aromatic N) is 3. The number of para-hydroxylation sites is 1. The van der Waals surface area contributed by atoms with Crippen LogP contribution in [-0.2, 0) is 5.41 Å². The molecule has 39 heavy (non-hydrogen) atoms. The zero-order valence-corrected chi connectivity index (χ0v) is 21.8. The van der Waals surface area contributed by atoms with E-state index in [4.69, 9.17) is 9.97 Å². The molecule has 3 nitrogen and oxygen atoms in total. The van der Waals surface area contributed by atoms with Gasteiger partial charge in [-0.15, -0.1) is 0 Å². The molecule has 7 aromatic rings. The number of aromatic nitrogens is 3. The van der Waals surface area contributed by atoms with Crippen LogP contribution in [0, 0.1) is 0 Å². The Morgan fingerprint density at radius 2 is 1.31 bits per heavy atom. The molecule has 0 N–H and O–H groups in total. The summed E-state index contributed by atoms with van der Waals surface area (Å²) in [7, 11) is 0. The van der Waals surface area contributed by atoms with Crippen molar-refractivity contribution in [3.63, 3.8) is 0 Å². The third-order valence-corrected chi connectivity index (χ3v) is 8.28. The summed E-state index contributed by atoms with van der Waals surface area (Å²) in [6.07, 6.45) is 1.90. The van der Waals surface area contributed by atoms with Crippen LogP contribution in [0.5, 0.6) is 0 Å². The standard InChI is InChI=1S/C36H25N3/c1-36(2)28-13-7-6-12-27(28)34-33(36)31(32-26-11-5-3-9-22(26)19-20-30(32)38-34)23-15-17-24(18-16-23)35-37-21-25-10-4-8-14-29(25)39-35/h3-21H,1-2H3. The maximum absolute atomic E-state index is 5.30. The van der Waals surface area contributed by atoms with Crippen molar-refractivity contribution in [2.45, 2.75) is 19.3 Å². The van der Waals surface area contributed by atoms with Crippen molar-refractivity contribution in [3.8, 4) is 33.8 Å². The van der Waals surface area contributed by atoms with E-state index in [1.165, 1.54) is 44.0 Å². The van der Waals surface area contributed by atoms with Crippen molar-refractivity contribution < 1.29 is 0 Å². The molecule has 184 valence electrons. The normalized spacial score (nSPS) is 13.6. The first-order valence-electron chi connectivity index (χ1n) is 13.4. The van der Waals surface area contributed by atoms with Gasteiger partial charge in [-0.2, -0.15) is 0 Å². The number of rotatable bonds is 2. The molecule has 0 amide bonds. The Hall–Kier alpha value is -4.89. The maximum Gasteiger partial charge on any atom is 0.159 e. The first-order chi connectivity index (χ1) is 19.1. The number of fused-ring (bicyclic) bond motifs is 7. The van der Waals surface area contributed by atoms with Crippen LogP contribution in [0.1, 0.15) is 25.0 Å². The predicted molar refractivity (Wildman–Crippen MR) is 161 cm³/mol. The average Bonchev–Trinajstić information content (AvgIpc) is 3.22. The molecule has 0 atom stereocenters. The molecule has 1 aliphatic carbocycles. The van der Waals surface area contributed by atoms with E-state index in [0.29, 0.717) is 0 Å². The van der Waals surface area contributed by atoms with Crippen LogP contribution in [-0.4, -0.2) is 15.0 Å². The minimum atomic E-state index is -0.181. The first-order valence-corrected chi connectivity index (χ1v) is 13.4. The number of hydrogen-bond acceptors (Lipinski definition) is 3. The first kappa shape index (κ1) is 22.1. The van der Waals surface area contributed by atoms with Gasteiger partial charge in [-0.3, -0.25) is 0 Å². The molecule has 2 heterocycles. The Balaban J connectivity index is 1.41. The Bertz CT molecular complexity index is 2090. The highest BCUT2D eigenvalue weighted by Crippen LogP contribution is 2.53. The maximum atomic E-state index is 5.30. The Morgan fingerprint density at radius 3 is 2.18 bits per heavy atom. The van der Waals surface area contributed by atoms with Crippen molar-refractivity contribution in [1.82, 2.24) is 15.0 Å². The largest absolute Gasteiger partial charge is 0.247 e. The van der Waals surface area contributed by atoms with Crippen molar-refractivity contribution in [2.75, 3.05) is 0 Å². The fourth-order valence-electron chi connectivity index (χ4n) is 6.39. The third-order valence-electron chi connectivity index (χ3n) is 8.28. The molecule has 0 unspecified atom stereocenters. The predicted octanol–water partition coefficient (Wildman–Crippen LogP) is 8.97. The van der Waals surface area contributed by atoms with Crippen LogP contribution >= 0.6 is 0 Å². The van der Waals surface area contributed by atoms with Crippen LogP contribution in [0.3, 0.4) is 0 Å². The summed E-state index contributed by atoms with van der Waals surface area (Å²) in [4.78, 5) is 14.8. The van der Waals surface area contributed by atoms with E-state index in [0.717, 1.165) is 33.5 Å². The summed E-state index contributed by atoms with van der Waals surface area (Å²) < 4.78 is 0. The lowest BCUT2D eigenvalue weighted by Gasteiger charge is -2.25. The van der Waals surface area contributed by atoms with Crippen LogP contribution in [0.4, 0.5) is 0 Å². The molecule has 0 spiro atoms. The lowest BCUT2D eigenvalue weighted by atomic mass is 9.78. The quantitative estimate of drug-likeness (QED) is 0.223. The molecule has 0 saturated heterocycles. The number of pyridine rings is 1. The highest BCUT2D eigenvalue weighted by atomic mass is 14.9. The Kier molecular flexibility index (Phi) is 4.57. The molecule has 8 rings (SSSR count). The minimum Gasteiger partial charge on any atom is -0.247 e. The van der Waals surface area contributed by atoms with Gasteiger partial charge in [0.1, 0.15) is 0 Å². The monoisotopic (exact) mass is 499 g/mol. The second kappa shape index (κ2) is 8.05. The van der Waals surface area contributed by atoms with E-state index in [-0.39, 0.29) is 5.41 Å². The molecule has 1 aliphatic rings. The van der Waals surface area contributed by atoms with Gasteiger partial charge < -0.3 is 0 Å². The lowest BCUT2D eigenvalue weighted by molar-refractivity contribution is 0.662. The van der Waals surface area contributed by atoms with Gasteiger partial charge in [-0.25, -0.2) is 15.0 Å². The second-order valence-corrected chi connectivity index (χ2v) is 10.9. The van der Waals surface area contributed by atoms with Crippen LogP contribution < -0.4 is 0 Å². The van der Waals surface area contributed by atoms with E-state index in [1.807, 2.05) is 30.5 Å². The summed E-state index contributed by atoms with van der Waals surface area (Å²) in [5, 5.41) is 4.71. The van der Waals surface area contributed by atoms with E-state index in [1.54, 1.807) is 0 Å². The zero-order chi connectivity index (χ0) is 26.1. The third kappa shape index (κ3) is 3.20. The smallest absolute Gasteiger partial charge is 0.159 e. The molecule has 0 radical (unpaired) electrons. The summed E-state index contributed by atoms with van der Waals surface area (Å²) in [5.41, 5.74) is 10.2. The molecule has 0 saturated carbocycles. The molecule has 0 aliphatic heterocycles. The van der Waals surface area contributed by atoms with Gasteiger partial charge in [-0.05, 0) is 45.2 Å². The number of hydrogen-bond donors (Lipinski definition) is 0. The fraction of sp³-hybridized carbons (Fsp3) is 0.0833. The SMILES string of the molecule is CC1(C)c2ccccc2-c2nc3ccc4ccccc4c3c(-c3ccc(-c4ncc5ccccc5n4)cc3)c21. The lowest BCUT2D eigenvalue weighted by Crippen LogP contribution is -2.16. The second-order valence-electron chi connectivity index (χ2n) is 10.9. The van der Waals surface area contributed by atoms with Gasteiger partial charge in [0.15, 0.2) is 5.82 Å². The van der Waals surface area contributed by atoms with Gasteiger partial charge in [-0.1, -0.05) is 111 Å². The van der Waals surface area contributed by atoms with Gasteiger partial charge in [0, 0.05) is 33.5 Å². The van der Waals surface area contributed by atoms with Gasteiger partial charge in [0.25, 0.3) is 0 Å². The number of benzene rings is 5. The van der Waals surface area contributed by atoms with Crippen LogP contribution in [0.15, 0.2) is 115 Å². The average molecular weight is 500 g/mol. The topological polar surface area (TPSA) is 38.7 Å². The van der Waals surface area contributed by atoms with E-state index < -0.39 is 0 Å². The van der Waals surface area contributed by atoms with E-state index >= 15 is 0 Å². The van der Waals surface area contributed by atoms with E-state index in [9.17, 15) is 0 Å². The molecule has 0 bridgehead atoms. The Labute approximate surface area is 226 Å². The summed E-state index contributed by atoms with van der Waals surface area (Å²) in [6, 6.07) is 38.6. The van der Waals surface area contributed by atoms with Crippen molar-refractivity contribution >= 4 is 32.6 Å². The molecule has 5 aromatic carbocycles. The molecule has 3 heteroatoms. The summed E-state index contributed by atoms with van der Waals surface area (Å²) >= 11 is 0. The van der Waals surface area contributed by atoms with Crippen molar-refractivity contribution in [3.05, 3.63) is 127 Å². The van der Waals surface area contributed by atoms with Crippen LogP contribution in [0.25, 0.3) is 66.4 Å². The van der Waals surface area contributed by atoms with Gasteiger partial charge in [0.2, 0.25) is 0 Å². The van der Waals surface area contributed by atoms with Crippen molar-refractivity contribution in [1.29, 1.82) is 0 Å². The Morgan fingerprint density at radius 1 is 0.590 bits per heavy atom. The summed E-state index contributed by atoms with van der Waals surface area (Å²) in [6.45, 7) is 4.66. The molecular formula is C36H25N3. The van der Waals surface area contributed by atoms with Gasteiger partial charge >= 0.3 is 0 Å². The highest BCUT2D eigenvalue weighted by Gasteiger charge is 2.39. The summed E-state index contributed by atoms with van der Waals surface area (Å²) in [5.74, 6) is 0.739.